The summed E-state index contributed by atoms with van der Waals surface area (Å²) in [5.41, 5.74) is 2.65. The molecule has 1 aromatic heterocycles. The molecule has 2 aromatic carbocycles. The first kappa shape index (κ1) is 16.6. The van der Waals surface area contributed by atoms with Gasteiger partial charge in [0.2, 0.25) is 11.7 Å². The number of benzene rings is 2. The molecule has 3 rings (SSSR count). The Bertz CT molecular complexity index is 858. The van der Waals surface area contributed by atoms with Gasteiger partial charge in [-0.3, -0.25) is 4.79 Å². The fraction of sp³-hybridized carbons (Fsp3) is 0.222. The van der Waals surface area contributed by atoms with Gasteiger partial charge in [0.1, 0.15) is 12.3 Å². The molecule has 0 saturated carbocycles. The average Bonchev–Trinajstić information content (AvgIpc) is 3.05. The number of rotatable bonds is 6. The molecule has 3 aromatic rings. The third-order valence-corrected chi connectivity index (χ3v) is 3.57. The van der Waals surface area contributed by atoms with Crippen LogP contribution in [0.5, 0.6) is 5.75 Å². The van der Waals surface area contributed by atoms with Crippen molar-refractivity contribution < 1.29 is 9.53 Å². The zero-order valence-electron chi connectivity index (χ0n) is 14.1. The number of hydrogen-bond acceptors (Lipinski definition) is 5. The summed E-state index contributed by atoms with van der Waals surface area (Å²) in [6.07, 6.45) is 0. The van der Waals surface area contributed by atoms with E-state index in [0.717, 1.165) is 16.9 Å². The Kier molecular flexibility index (Phi) is 5.03. The standard InChI is InChI=1S/C18H19N5O2/c1-3-25-15-10-8-14(9-11-15)19-17(24)12-23-21-18(20-22-23)16-7-5-4-6-13(16)2/h4-11H,3,12H2,1-2H3,(H,19,24). The molecular weight excluding hydrogens is 318 g/mol. The Labute approximate surface area is 145 Å². The van der Waals surface area contributed by atoms with Gasteiger partial charge in [-0.25, -0.2) is 0 Å². The molecule has 0 unspecified atom stereocenters. The molecule has 0 aliphatic heterocycles. The van der Waals surface area contributed by atoms with Gasteiger partial charge < -0.3 is 10.1 Å². The maximum Gasteiger partial charge on any atom is 0.248 e. The Morgan fingerprint density at radius 2 is 1.92 bits per heavy atom. The highest BCUT2D eigenvalue weighted by Gasteiger charge is 2.11. The average molecular weight is 337 g/mol. The molecule has 25 heavy (non-hydrogen) atoms. The van der Waals surface area contributed by atoms with Crippen molar-refractivity contribution in [1.29, 1.82) is 0 Å². The summed E-state index contributed by atoms with van der Waals surface area (Å²) < 4.78 is 5.37. The minimum atomic E-state index is -0.224. The molecule has 0 bridgehead atoms. The Morgan fingerprint density at radius 1 is 1.16 bits per heavy atom. The van der Waals surface area contributed by atoms with Gasteiger partial charge in [-0.2, -0.15) is 4.80 Å². The van der Waals surface area contributed by atoms with Crippen molar-refractivity contribution in [3.63, 3.8) is 0 Å². The van der Waals surface area contributed by atoms with Crippen LogP contribution in [0.15, 0.2) is 48.5 Å². The van der Waals surface area contributed by atoms with Gasteiger partial charge in [0.25, 0.3) is 0 Å². The Morgan fingerprint density at radius 3 is 2.64 bits per heavy atom. The maximum atomic E-state index is 12.1. The van der Waals surface area contributed by atoms with Gasteiger partial charge in [0.05, 0.1) is 6.61 Å². The van der Waals surface area contributed by atoms with Crippen LogP contribution in [-0.4, -0.2) is 32.7 Å². The molecule has 0 saturated heterocycles. The molecule has 1 amide bonds. The number of ether oxygens (including phenoxy) is 1. The molecule has 7 heteroatoms. The zero-order chi connectivity index (χ0) is 17.6. The fourth-order valence-corrected chi connectivity index (χ4v) is 2.37. The predicted octanol–water partition coefficient (Wildman–Crippen LogP) is 2.69. The normalized spacial score (nSPS) is 10.5. The first-order valence-corrected chi connectivity index (χ1v) is 8.02. The quantitative estimate of drug-likeness (QED) is 0.748. The van der Waals surface area contributed by atoms with Crippen LogP contribution in [0.4, 0.5) is 5.69 Å². The maximum absolute atomic E-state index is 12.1. The number of carbonyl (C=O) groups is 1. The minimum absolute atomic E-state index is 0.00784. The number of nitrogens with one attached hydrogen (secondary N) is 1. The highest BCUT2D eigenvalue weighted by atomic mass is 16.5. The summed E-state index contributed by atoms with van der Waals surface area (Å²) in [6.45, 7) is 4.50. The molecule has 0 aliphatic rings. The second-order valence-electron chi connectivity index (χ2n) is 5.46. The van der Waals surface area contributed by atoms with Crippen molar-refractivity contribution in [1.82, 2.24) is 20.2 Å². The van der Waals surface area contributed by atoms with Crippen LogP contribution in [0, 0.1) is 6.92 Å². The SMILES string of the molecule is CCOc1ccc(NC(=O)Cn2nnc(-c3ccccc3C)n2)cc1. The van der Waals surface area contributed by atoms with E-state index >= 15 is 0 Å². The van der Waals surface area contributed by atoms with Crippen LogP contribution >= 0.6 is 0 Å². The third-order valence-electron chi connectivity index (χ3n) is 3.57. The fourth-order valence-electron chi connectivity index (χ4n) is 2.37. The second-order valence-corrected chi connectivity index (χ2v) is 5.46. The van der Waals surface area contributed by atoms with Crippen molar-refractivity contribution in [2.45, 2.75) is 20.4 Å². The first-order chi connectivity index (χ1) is 12.2. The van der Waals surface area contributed by atoms with E-state index in [1.807, 2.05) is 50.2 Å². The van der Waals surface area contributed by atoms with E-state index < -0.39 is 0 Å². The largest absolute Gasteiger partial charge is 0.494 e. The highest BCUT2D eigenvalue weighted by molar-refractivity contribution is 5.90. The number of anilines is 1. The van der Waals surface area contributed by atoms with Gasteiger partial charge in [-0.1, -0.05) is 24.3 Å². The lowest BCUT2D eigenvalue weighted by Crippen LogP contribution is -2.20. The van der Waals surface area contributed by atoms with E-state index in [0.29, 0.717) is 18.1 Å². The molecule has 0 radical (unpaired) electrons. The van der Waals surface area contributed by atoms with Crippen LogP contribution in [0.1, 0.15) is 12.5 Å². The highest BCUT2D eigenvalue weighted by Crippen LogP contribution is 2.18. The van der Waals surface area contributed by atoms with Crippen molar-refractivity contribution in [2.24, 2.45) is 0 Å². The summed E-state index contributed by atoms with van der Waals surface area (Å²) in [5, 5.41) is 15.0. The van der Waals surface area contributed by atoms with E-state index in [9.17, 15) is 4.79 Å². The van der Waals surface area contributed by atoms with E-state index in [4.69, 9.17) is 4.74 Å². The Balaban J connectivity index is 1.63. The number of nitrogens with zero attached hydrogens (tertiary/aromatic N) is 4. The Hall–Kier alpha value is -3.22. The lowest BCUT2D eigenvalue weighted by atomic mass is 10.1. The van der Waals surface area contributed by atoms with Crippen LogP contribution < -0.4 is 10.1 Å². The molecule has 1 heterocycles. The van der Waals surface area contributed by atoms with E-state index in [2.05, 4.69) is 20.7 Å². The van der Waals surface area contributed by atoms with Crippen LogP contribution in [0.3, 0.4) is 0 Å². The smallest absolute Gasteiger partial charge is 0.248 e. The van der Waals surface area contributed by atoms with E-state index in [-0.39, 0.29) is 12.5 Å². The summed E-state index contributed by atoms with van der Waals surface area (Å²) in [6, 6.07) is 15.0. The minimum Gasteiger partial charge on any atom is -0.494 e. The van der Waals surface area contributed by atoms with Crippen molar-refractivity contribution in [3.8, 4) is 17.1 Å². The molecule has 7 nitrogen and oxygen atoms in total. The number of aromatic nitrogens is 4. The molecule has 0 spiro atoms. The van der Waals surface area contributed by atoms with Crippen molar-refractivity contribution in [2.75, 3.05) is 11.9 Å². The molecule has 0 aliphatic carbocycles. The number of hydrogen-bond donors (Lipinski definition) is 1. The lowest BCUT2D eigenvalue weighted by Gasteiger charge is -2.06. The zero-order valence-corrected chi connectivity index (χ0v) is 14.1. The molecule has 128 valence electrons. The molecule has 0 fully saturated rings. The lowest BCUT2D eigenvalue weighted by molar-refractivity contribution is -0.117. The van der Waals surface area contributed by atoms with Gasteiger partial charge >= 0.3 is 0 Å². The van der Waals surface area contributed by atoms with Crippen LogP contribution in [0.2, 0.25) is 0 Å². The van der Waals surface area contributed by atoms with Gasteiger partial charge in [-0.15, -0.1) is 10.2 Å². The van der Waals surface area contributed by atoms with Crippen molar-refractivity contribution >= 4 is 11.6 Å². The van der Waals surface area contributed by atoms with E-state index in [1.165, 1.54) is 4.80 Å². The summed E-state index contributed by atoms with van der Waals surface area (Å²) in [7, 11) is 0. The van der Waals surface area contributed by atoms with Crippen molar-refractivity contribution in [3.05, 3.63) is 54.1 Å². The van der Waals surface area contributed by atoms with Crippen LogP contribution in [-0.2, 0) is 11.3 Å². The summed E-state index contributed by atoms with van der Waals surface area (Å²) >= 11 is 0. The number of amides is 1. The molecular formula is C18H19N5O2. The number of carbonyl (C=O) groups excluding carboxylic acids is 1. The van der Waals surface area contributed by atoms with Gasteiger partial charge in [-0.05, 0) is 48.9 Å². The van der Waals surface area contributed by atoms with E-state index in [1.54, 1.807) is 12.1 Å². The number of aryl methyl sites for hydroxylation is 1. The first-order valence-electron chi connectivity index (χ1n) is 8.02. The summed E-state index contributed by atoms with van der Waals surface area (Å²) in [4.78, 5) is 13.4. The third kappa shape index (κ3) is 4.20. The summed E-state index contributed by atoms with van der Waals surface area (Å²) in [5.74, 6) is 1.05. The predicted molar refractivity (Wildman–Crippen MR) is 94.2 cm³/mol. The van der Waals surface area contributed by atoms with Gasteiger partial charge in [0, 0.05) is 11.3 Å². The van der Waals surface area contributed by atoms with Crippen LogP contribution in [0.25, 0.3) is 11.4 Å². The monoisotopic (exact) mass is 337 g/mol. The molecule has 1 N–H and O–H groups in total. The van der Waals surface area contributed by atoms with Gasteiger partial charge in [0.15, 0.2) is 0 Å². The topological polar surface area (TPSA) is 81.9 Å². The number of tetrazole rings is 1. The second kappa shape index (κ2) is 7.57. The molecule has 0 atom stereocenters.